The molecule has 0 aliphatic carbocycles. The Labute approximate surface area is 195 Å². The molecule has 1 atom stereocenters. The van der Waals surface area contributed by atoms with Crippen molar-refractivity contribution in [2.45, 2.75) is 19.9 Å². The summed E-state index contributed by atoms with van der Waals surface area (Å²) in [7, 11) is 0. The first-order valence-corrected chi connectivity index (χ1v) is 10.9. The fourth-order valence-corrected chi connectivity index (χ4v) is 4.45. The van der Waals surface area contributed by atoms with Crippen LogP contribution in [0, 0.1) is 13.8 Å². The highest BCUT2D eigenvalue weighted by Crippen LogP contribution is 2.43. The number of halogens is 1. The van der Waals surface area contributed by atoms with E-state index in [0.717, 1.165) is 11.1 Å². The molecule has 164 valence electrons. The molecule has 0 saturated heterocycles. The molecule has 1 aromatic heterocycles. The van der Waals surface area contributed by atoms with E-state index >= 15 is 0 Å². The second-order valence-electron chi connectivity index (χ2n) is 8.16. The number of furan rings is 1. The Morgan fingerprint density at radius 1 is 1.00 bits per heavy atom. The molecule has 1 aliphatic heterocycles. The number of hydrogen-bond donors (Lipinski definition) is 1. The summed E-state index contributed by atoms with van der Waals surface area (Å²) in [6.07, 6.45) is 0. The minimum Gasteiger partial charge on any atom is -0.503 e. The van der Waals surface area contributed by atoms with Crippen LogP contribution in [-0.4, -0.2) is 16.8 Å². The van der Waals surface area contributed by atoms with E-state index in [4.69, 9.17) is 16.0 Å². The highest BCUT2D eigenvalue weighted by Gasteiger charge is 2.45. The van der Waals surface area contributed by atoms with Gasteiger partial charge in [-0.15, -0.1) is 0 Å². The number of carbonyl (C=O) groups is 2. The Kier molecular flexibility index (Phi) is 5.06. The van der Waals surface area contributed by atoms with Crippen LogP contribution in [0.5, 0.6) is 0 Å². The van der Waals surface area contributed by atoms with Gasteiger partial charge >= 0.3 is 0 Å². The maximum atomic E-state index is 13.6. The molecule has 5 rings (SSSR count). The van der Waals surface area contributed by atoms with Crippen molar-refractivity contribution in [1.29, 1.82) is 0 Å². The first kappa shape index (κ1) is 21.0. The molecule has 1 amide bonds. The zero-order chi connectivity index (χ0) is 23.3. The number of benzene rings is 3. The average Bonchev–Trinajstić information content (AvgIpc) is 3.34. The number of ketones is 1. The average molecular weight is 458 g/mol. The van der Waals surface area contributed by atoms with Crippen LogP contribution in [0.15, 0.2) is 88.5 Å². The van der Waals surface area contributed by atoms with E-state index in [1.54, 1.807) is 24.3 Å². The van der Waals surface area contributed by atoms with Crippen molar-refractivity contribution >= 4 is 39.9 Å². The van der Waals surface area contributed by atoms with Crippen molar-refractivity contribution in [3.63, 3.8) is 0 Å². The summed E-state index contributed by atoms with van der Waals surface area (Å²) >= 11 is 6.07. The Bertz CT molecular complexity index is 1450. The van der Waals surface area contributed by atoms with Gasteiger partial charge in [-0.05, 0) is 60.9 Å². The number of nitrogens with zero attached hydrogens (tertiary/aromatic N) is 1. The molecule has 4 aromatic rings. The van der Waals surface area contributed by atoms with E-state index in [0.29, 0.717) is 27.2 Å². The summed E-state index contributed by atoms with van der Waals surface area (Å²) in [5, 5.41) is 12.1. The first-order chi connectivity index (χ1) is 15.8. The van der Waals surface area contributed by atoms with E-state index < -0.39 is 23.5 Å². The number of aliphatic hydroxyl groups excluding tert-OH is 1. The van der Waals surface area contributed by atoms with Crippen LogP contribution >= 0.6 is 11.6 Å². The van der Waals surface area contributed by atoms with E-state index in [-0.39, 0.29) is 11.3 Å². The van der Waals surface area contributed by atoms with E-state index in [1.165, 1.54) is 4.90 Å². The molecule has 5 nitrogen and oxygen atoms in total. The van der Waals surface area contributed by atoms with Crippen molar-refractivity contribution in [1.82, 2.24) is 0 Å². The lowest BCUT2D eigenvalue weighted by atomic mass is 9.94. The van der Waals surface area contributed by atoms with Gasteiger partial charge in [0.05, 0.1) is 11.6 Å². The summed E-state index contributed by atoms with van der Waals surface area (Å²) < 4.78 is 5.77. The van der Waals surface area contributed by atoms with Crippen molar-refractivity contribution < 1.29 is 19.1 Å². The Hall–Kier alpha value is -3.83. The lowest BCUT2D eigenvalue weighted by Gasteiger charge is -2.28. The van der Waals surface area contributed by atoms with Crippen LogP contribution in [0.3, 0.4) is 0 Å². The summed E-state index contributed by atoms with van der Waals surface area (Å²) in [5.41, 5.74) is 3.64. The van der Waals surface area contributed by atoms with Crippen LogP contribution in [-0.2, 0) is 4.79 Å². The van der Waals surface area contributed by atoms with Gasteiger partial charge in [0, 0.05) is 16.1 Å². The van der Waals surface area contributed by atoms with E-state index in [2.05, 4.69) is 0 Å². The maximum Gasteiger partial charge on any atom is 0.294 e. The minimum atomic E-state index is -0.802. The van der Waals surface area contributed by atoms with Gasteiger partial charge in [0.15, 0.2) is 11.5 Å². The van der Waals surface area contributed by atoms with Gasteiger partial charge in [0.25, 0.3) is 5.91 Å². The third-order valence-electron chi connectivity index (χ3n) is 5.89. The molecule has 0 bridgehead atoms. The van der Waals surface area contributed by atoms with Crippen molar-refractivity contribution in [2.75, 3.05) is 4.90 Å². The lowest BCUT2D eigenvalue weighted by Crippen LogP contribution is -2.31. The number of fused-ring (bicyclic) bond motifs is 1. The summed E-state index contributed by atoms with van der Waals surface area (Å²) in [5.74, 6) is -1.71. The Morgan fingerprint density at radius 2 is 1.76 bits per heavy atom. The number of amides is 1. The molecule has 0 spiro atoms. The number of rotatable bonds is 4. The third-order valence-corrected chi connectivity index (χ3v) is 6.13. The van der Waals surface area contributed by atoms with Gasteiger partial charge in [0.2, 0.25) is 5.78 Å². The van der Waals surface area contributed by atoms with Crippen molar-refractivity contribution in [3.8, 4) is 0 Å². The molecule has 0 radical (unpaired) electrons. The van der Waals surface area contributed by atoms with Crippen molar-refractivity contribution in [2.24, 2.45) is 0 Å². The fraction of sp³-hybridized carbons (Fsp3) is 0.111. The van der Waals surface area contributed by atoms with Gasteiger partial charge in [-0.2, -0.15) is 0 Å². The number of anilines is 1. The van der Waals surface area contributed by atoms with Gasteiger partial charge in [-0.1, -0.05) is 54.1 Å². The Balaban J connectivity index is 1.68. The molecule has 6 heteroatoms. The highest BCUT2D eigenvalue weighted by atomic mass is 35.5. The molecule has 1 N–H and O–H groups in total. The quantitative estimate of drug-likeness (QED) is 0.356. The van der Waals surface area contributed by atoms with Gasteiger partial charge < -0.3 is 9.52 Å². The van der Waals surface area contributed by atoms with Gasteiger partial charge in [-0.25, -0.2) is 0 Å². The second-order valence-corrected chi connectivity index (χ2v) is 8.60. The number of aliphatic hydroxyl groups is 1. The minimum absolute atomic E-state index is 0.0164. The Morgan fingerprint density at radius 3 is 2.52 bits per heavy atom. The first-order valence-electron chi connectivity index (χ1n) is 10.5. The number of Topliss-reactive ketones (excluding diaryl/α,β-unsaturated/α-hetero) is 1. The third kappa shape index (κ3) is 3.51. The number of hydrogen-bond acceptors (Lipinski definition) is 4. The van der Waals surface area contributed by atoms with E-state index in [9.17, 15) is 14.7 Å². The highest BCUT2D eigenvalue weighted by molar-refractivity contribution is 6.31. The largest absolute Gasteiger partial charge is 0.503 e. The topological polar surface area (TPSA) is 70.8 Å². The van der Waals surface area contributed by atoms with Gasteiger partial charge in [-0.3, -0.25) is 14.5 Å². The molecule has 2 heterocycles. The van der Waals surface area contributed by atoms with Crippen LogP contribution in [0.25, 0.3) is 11.0 Å². The molecule has 0 fully saturated rings. The predicted octanol–water partition coefficient (Wildman–Crippen LogP) is 6.49. The molecule has 3 aromatic carbocycles. The summed E-state index contributed by atoms with van der Waals surface area (Å²) in [6, 6.07) is 20.8. The SMILES string of the molecule is Cc1ccc(C)c(N2C(=O)C(O)=C(C(=O)c3cc4cc(Cl)ccc4o3)C2c2ccccc2)c1. The smallest absolute Gasteiger partial charge is 0.294 e. The van der Waals surface area contributed by atoms with Crippen molar-refractivity contribution in [3.05, 3.63) is 112 Å². The summed E-state index contributed by atoms with van der Waals surface area (Å²) in [4.78, 5) is 28.5. The number of aryl methyl sites for hydroxylation is 2. The lowest BCUT2D eigenvalue weighted by molar-refractivity contribution is -0.117. The molecule has 0 saturated carbocycles. The molecule has 1 unspecified atom stereocenters. The van der Waals surface area contributed by atoms with Crippen LogP contribution in [0.2, 0.25) is 5.02 Å². The van der Waals surface area contributed by atoms with Gasteiger partial charge in [0.1, 0.15) is 5.58 Å². The molecular formula is C27H20ClNO4. The molecule has 33 heavy (non-hydrogen) atoms. The predicted molar refractivity (Wildman–Crippen MR) is 128 cm³/mol. The zero-order valence-corrected chi connectivity index (χ0v) is 18.8. The van der Waals surface area contributed by atoms with E-state index in [1.807, 2.05) is 62.4 Å². The van der Waals surface area contributed by atoms with Crippen LogP contribution in [0.4, 0.5) is 5.69 Å². The van der Waals surface area contributed by atoms with Crippen LogP contribution < -0.4 is 4.90 Å². The second kappa shape index (κ2) is 7.94. The number of carbonyl (C=O) groups excluding carboxylic acids is 2. The monoisotopic (exact) mass is 457 g/mol. The zero-order valence-electron chi connectivity index (χ0n) is 18.0. The van der Waals surface area contributed by atoms with Crippen LogP contribution in [0.1, 0.15) is 33.3 Å². The normalized spacial score (nSPS) is 16.2. The molecule has 1 aliphatic rings. The maximum absolute atomic E-state index is 13.6. The standard InChI is InChI=1S/C27H20ClNO4/c1-15-8-9-16(2)20(12-15)29-24(17-6-4-3-5-7-17)23(26(31)27(29)32)25(30)22-14-18-13-19(28)10-11-21(18)33-22/h3-14,24,31H,1-2H3. The fourth-order valence-electron chi connectivity index (χ4n) is 4.27. The molecular weight excluding hydrogens is 438 g/mol. The summed E-state index contributed by atoms with van der Waals surface area (Å²) in [6.45, 7) is 3.82.